The van der Waals surface area contributed by atoms with Crippen molar-refractivity contribution < 1.29 is 4.74 Å². The molecule has 2 atom stereocenters. The predicted octanol–water partition coefficient (Wildman–Crippen LogP) is 2.85. The minimum absolute atomic E-state index is 0.0550. The monoisotopic (exact) mass is 297 g/mol. The fourth-order valence-electron chi connectivity index (χ4n) is 3.21. The van der Waals surface area contributed by atoms with E-state index < -0.39 is 0 Å². The Morgan fingerprint density at radius 3 is 2.91 bits per heavy atom. The molecule has 0 saturated carbocycles. The third kappa shape index (κ3) is 1.73. The van der Waals surface area contributed by atoms with E-state index in [0.29, 0.717) is 18.3 Å². The van der Waals surface area contributed by atoms with Crippen LogP contribution in [0.1, 0.15) is 38.7 Å². The molecule has 2 N–H and O–H groups in total. The van der Waals surface area contributed by atoms with E-state index >= 15 is 0 Å². The Balaban J connectivity index is 2.17. The molecule has 6 nitrogen and oxygen atoms in total. The highest BCUT2D eigenvalue weighted by atomic mass is 16.5. The number of aromatic nitrogens is 4. The van der Waals surface area contributed by atoms with Gasteiger partial charge in [-0.3, -0.25) is 4.98 Å². The van der Waals surface area contributed by atoms with Gasteiger partial charge in [-0.15, -0.1) is 0 Å². The molecule has 1 aliphatic heterocycles. The number of ether oxygens (including phenoxy) is 1. The minimum Gasteiger partial charge on any atom is -0.382 e. The maximum absolute atomic E-state index is 6.15. The van der Waals surface area contributed by atoms with Gasteiger partial charge in [0, 0.05) is 6.20 Å². The van der Waals surface area contributed by atoms with Crippen molar-refractivity contribution in [2.75, 3.05) is 12.3 Å². The van der Waals surface area contributed by atoms with E-state index in [1.54, 1.807) is 6.20 Å². The Hall–Kier alpha value is -2.21. The highest BCUT2D eigenvalue weighted by Crippen LogP contribution is 2.38. The molecule has 3 aromatic rings. The first-order valence-electron chi connectivity index (χ1n) is 7.61. The number of hydrogen-bond acceptors (Lipinski definition) is 5. The molecule has 4 heterocycles. The van der Waals surface area contributed by atoms with Gasteiger partial charge in [0.05, 0.1) is 18.2 Å². The largest absolute Gasteiger partial charge is 0.382 e. The van der Waals surface area contributed by atoms with E-state index in [2.05, 4.69) is 28.4 Å². The van der Waals surface area contributed by atoms with Crippen LogP contribution in [-0.2, 0) is 4.74 Å². The molecular weight excluding hydrogens is 278 g/mol. The first-order chi connectivity index (χ1) is 10.6. The molecule has 0 aromatic carbocycles. The highest BCUT2D eigenvalue weighted by molar-refractivity contribution is 6.04. The molecule has 1 aliphatic rings. The molecule has 0 saturated heterocycles. The molecule has 3 aromatic heterocycles. The van der Waals surface area contributed by atoms with Gasteiger partial charge in [0.2, 0.25) is 0 Å². The lowest BCUT2D eigenvalue weighted by Gasteiger charge is -2.32. The van der Waals surface area contributed by atoms with Crippen LogP contribution in [-0.4, -0.2) is 26.1 Å². The van der Waals surface area contributed by atoms with Crippen LogP contribution >= 0.6 is 0 Å². The van der Waals surface area contributed by atoms with E-state index in [1.165, 1.54) is 0 Å². The summed E-state index contributed by atoms with van der Waals surface area (Å²) in [7, 11) is 0. The van der Waals surface area contributed by atoms with Crippen molar-refractivity contribution in [1.29, 1.82) is 0 Å². The number of hydrogen-bond donors (Lipinski definition) is 1. The van der Waals surface area contributed by atoms with E-state index in [-0.39, 0.29) is 12.1 Å². The Morgan fingerprint density at radius 2 is 2.14 bits per heavy atom. The second-order valence-corrected chi connectivity index (χ2v) is 6.19. The van der Waals surface area contributed by atoms with Gasteiger partial charge in [0.25, 0.3) is 0 Å². The molecule has 6 heteroatoms. The number of rotatable bonds is 1. The van der Waals surface area contributed by atoms with Gasteiger partial charge in [0.15, 0.2) is 5.82 Å². The van der Waals surface area contributed by atoms with Crippen LogP contribution in [0.3, 0.4) is 0 Å². The van der Waals surface area contributed by atoms with E-state index in [9.17, 15) is 0 Å². The quantitative estimate of drug-likeness (QED) is 0.747. The summed E-state index contributed by atoms with van der Waals surface area (Å²) in [6.45, 7) is 7.08. The molecule has 114 valence electrons. The van der Waals surface area contributed by atoms with Crippen molar-refractivity contribution in [2.45, 2.75) is 32.9 Å². The third-order valence-electron chi connectivity index (χ3n) is 4.41. The smallest absolute Gasteiger partial charge is 0.152 e. The highest BCUT2D eigenvalue weighted by Gasteiger charge is 2.32. The normalized spacial score (nSPS) is 21.6. The molecule has 22 heavy (non-hydrogen) atoms. The zero-order valence-electron chi connectivity index (χ0n) is 12.9. The van der Waals surface area contributed by atoms with Gasteiger partial charge in [-0.05, 0) is 25.0 Å². The van der Waals surface area contributed by atoms with Crippen LogP contribution in [0.5, 0.6) is 0 Å². The summed E-state index contributed by atoms with van der Waals surface area (Å²) in [5.41, 5.74) is 9.51. The first kappa shape index (κ1) is 13.5. The van der Waals surface area contributed by atoms with Gasteiger partial charge in [-0.1, -0.05) is 13.8 Å². The number of nitrogens with zero attached hydrogens (tertiary/aromatic N) is 4. The van der Waals surface area contributed by atoms with Crippen molar-refractivity contribution in [3.05, 3.63) is 24.2 Å². The number of anilines is 1. The Labute approximate surface area is 128 Å². The fraction of sp³-hybridized carbons (Fsp3) is 0.438. The summed E-state index contributed by atoms with van der Waals surface area (Å²) in [5.74, 6) is 1.79. The van der Waals surface area contributed by atoms with E-state index in [1.807, 2.05) is 19.1 Å². The molecule has 0 fully saturated rings. The van der Waals surface area contributed by atoms with Crippen molar-refractivity contribution >= 4 is 27.9 Å². The fourth-order valence-corrected chi connectivity index (χ4v) is 3.21. The van der Waals surface area contributed by atoms with Crippen LogP contribution in [0.25, 0.3) is 22.1 Å². The predicted molar refractivity (Wildman–Crippen MR) is 85.5 cm³/mol. The number of nitrogen functional groups attached to an aromatic ring is 1. The van der Waals surface area contributed by atoms with Crippen LogP contribution in [0.15, 0.2) is 18.3 Å². The van der Waals surface area contributed by atoms with Crippen molar-refractivity contribution in [3.8, 4) is 0 Å². The molecule has 0 spiro atoms. The lowest BCUT2D eigenvalue weighted by molar-refractivity contribution is -0.00219. The second-order valence-electron chi connectivity index (χ2n) is 6.19. The van der Waals surface area contributed by atoms with Crippen molar-refractivity contribution in [3.63, 3.8) is 0 Å². The second kappa shape index (κ2) is 4.64. The molecule has 0 amide bonds. The Kier molecular flexibility index (Phi) is 2.84. The SMILES string of the molecule is CC1OC[C@H](C(C)C)n2c1nc1c(N)nc3cccnc3c12. The first-order valence-corrected chi connectivity index (χ1v) is 7.61. The van der Waals surface area contributed by atoms with Gasteiger partial charge in [-0.2, -0.15) is 0 Å². The Morgan fingerprint density at radius 1 is 1.32 bits per heavy atom. The van der Waals surface area contributed by atoms with Crippen LogP contribution < -0.4 is 5.73 Å². The number of pyridine rings is 2. The zero-order valence-corrected chi connectivity index (χ0v) is 12.9. The summed E-state index contributed by atoms with van der Waals surface area (Å²) >= 11 is 0. The lowest BCUT2D eigenvalue weighted by atomic mass is 10.0. The van der Waals surface area contributed by atoms with E-state index in [0.717, 1.165) is 27.9 Å². The van der Waals surface area contributed by atoms with Crippen LogP contribution in [0.2, 0.25) is 0 Å². The summed E-state index contributed by atoms with van der Waals surface area (Å²) in [6, 6.07) is 4.04. The van der Waals surface area contributed by atoms with Gasteiger partial charge in [0.1, 0.15) is 28.5 Å². The van der Waals surface area contributed by atoms with Crippen LogP contribution in [0, 0.1) is 5.92 Å². The minimum atomic E-state index is -0.0550. The maximum atomic E-state index is 6.15. The Bertz CT molecular complexity index is 870. The molecule has 4 rings (SSSR count). The van der Waals surface area contributed by atoms with Crippen molar-refractivity contribution in [2.24, 2.45) is 5.92 Å². The number of imidazole rings is 1. The average molecular weight is 297 g/mol. The number of nitrogens with two attached hydrogens (primary N) is 1. The van der Waals surface area contributed by atoms with E-state index in [4.69, 9.17) is 15.5 Å². The molecule has 0 radical (unpaired) electrons. The molecular formula is C16H19N5O. The molecule has 0 bridgehead atoms. The molecule has 1 unspecified atom stereocenters. The van der Waals surface area contributed by atoms with Crippen molar-refractivity contribution in [1.82, 2.24) is 19.5 Å². The summed E-state index contributed by atoms with van der Waals surface area (Å²) in [4.78, 5) is 13.7. The topological polar surface area (TPSA) is 78.9 Å². The zero-order chi connectivity index (χ0) is 15.4. The number of fused-ring (bicyclic) bond motifs is 5. The summed E-state index contributed by atoms with van der Waals surface area (Å²) in [6.07, 6.45) is 1.73. The van der Waals surface area contributed by atoms with Gasteiger partial charge >= 0.3 is 0 Å². The summed E-state index contributed by atoms with van der Waals surface area (Å²) in [5, 5.41) is 0. The maximum Gasteiger partial charge on any atom is 0.152 e. The summed E-state index contributed by atoms with van der Waals surface area (Å²) < 4.78 is 8.16. The third-order valence-corrected chi connectivity index (χ3v) is 4.41. The van der Waals surface area contributed by atoms with Crippen LogP contribution in [0.4, 0.5) is 5.82 Å². The average Bonchev–Trinajstić information content (AvgIpc) is 2.90. The van der Waals surface area contributed by atoms with Gasteiger partial charge < -0.3 is 15.0 Å². The van der Waals surface area contributed by atoms with Gasteiger partial charge in [-0.25, -0.2) is 9.97 Å². The lowest BCUT2D eigenvalue weighted by Crippen LogP contribution is -2.29. The molecule has 0 aliphatic carbocycles. The standard InChI is InChI=1S/C16H19N5O/c1-8(2)11-7-22-9(3)16-20-13-14(21(11)16)12-10(19-15(13)17)5-4-6-18-12/h4-6,8-9,11H,7H2,1-3H3,(H2,17,19)/t9?,11-/m1/s1.